The highest BCUT2D eigenvalue weighted by Crippen LogP contribution is 2.28. The molecule has 0 atom stereocenters. The number of nitrogens with zero attached hydrogens (tertiary/aromatic N) is 1. The molecule has 1 N–H and O–H groups in total. The fourth-order valence-corrected chi connectivity index (χ4v) is 2.75. The minimum atomic E-state index is 0.651. The first kappa shape index (κ1) is 13.2. The molecule has 1 aromatic rings. The summed E-state index contributed by atoms with van der Waals surface area (Å²) in [7, 11) is 0. The molecule has 4 nitrogen and oxygen atoms in total. The van der Waals surface area contributed by atoms with E-state index in [1.807, 2.05) is 6.07 Å². The average Bonchev–Trinajstić information content (AvgIpc) is 3.17. The monoisotopic (exact) mass is 264 g/mol. The lowest BCUT2D eigenvalue weighted by molar-refractivity contribution is 0.0769. The maximum atomic E-state index is 5.46. The zero-order valence-corrected chi connectivity index (χ0v) is 11.5. The van der Waals surface area contributed by atoms with Crippen LogP contribution in [0.25, 0.3) is 0 Å². The maximum Gasteiger partial charge on any atom is 0.117 e. The van der Waals surface area contributed by atoms with Crippen LogP contribution in [0, 0.1) is 0 Å². The first-order valence-corrected chi connectivity index (χ1v) is 7.49. The molecule has 1 aromatic heterocycles. The fraction of sp³-hybridized carbons (Fsp3) is 0.733. The molecule has 2 aliphatic rings. The van der Waals surface area contributed by atoms with E-state index in [1.54, 1.807) is 6.26 Å². The van der Waals surface area contributed by atoms with Crippen molar-refractivity contribution in [2.75, 3.05) is 26.3 Å². The van der Waals surface area contributed by atoms with Crippen LogP contribution < -0.4 is 5.32 Å². The summed E-state index contributed by atoms with van der Waals surface area (Å²) in [5.41, 5.74) is 0. The summed E-state index contributed by atoms with van der Waals surface area (Å²) in [5, 5.41) is 3.66. The molecule has 19 heavy (non-hydrogen) atoms. The van der Waals surface area contributed by atoms with Gasteiger partial charge in [-0.3, -0.25) is 4.90 Å². The van der Waals surface area contributed by atoms with Gasteiger partial charge in [0.05, 0.1) is 12.8 Å². The molecule has 2 fully saturated rings. The Morgan fingerprint density at radius 1 is 1.21 bits per heavy atom. The molecule has 1 saturated heterocycles. The van der Waals surface area contributed by atoms with Crippen molar-refractivity contribution in [3.63, 3.8) is 0 Å². The van der Waals surface area contributed by atoms with Crippen LogP contribution in [0.2, 0.25) is 0 Å². The molecular weight excluding hydrogens is 240 g/mol. The van der Waals surface area contributed by atoms with Crippen molar-refractivity contribution in [3.05, 3.63) is 24.2 Å². The molecule has 0 bridgehead atoms. The molecule has 4 heteroatoms. The Morgan fingerprint density at radius 3 is 2.74 bits per heavy atom. The highest BCUT2D eigenvalue weighted by atomic mass is 16.5. The van der Waals surface area contributed by atoms with Gasteiger partial charge in [-0.15, -0.1) is 0 Å². The van der Waals surface area contributed by atoms with Crippen molar-refractivity contribution in [3.8, 4) is 0 Å². The zero-order valence-electron chi connectivity index (χ0n) is 11.5. The predicted octanol–water partition coefficient (Wildman–Crippen LogP) is 2.01. The SMILES string of the molecule is c1coc(CN(CCNC2CCOCC2)C2CC2)c1. The number of nitrogens with one attached hydrogen (secondary N) is 1. The molecule has 1 aliphatic heterocycles. The van der Waals surface area contributed by atoms with Gasteiger partial charge < -0.3 is 14.5 Å². The minimum absolute atomic E-state index is 0.651. The van der Waals surface area contributed by atoms with Crippen molar-refractivity contribution in [1.29, 1.82) is 0 Å². The van der Waals surface area contributed by atoms with E-state index in [9.17, 15) is 0 Å². The van der Waals surface area contributed by atoms with Gasteiger partial charge in [-0.2, -0.15) is 0 Å². The van der Waals surface area contributed by atoms with Crippen LogP contribution in [-0.2, 0) is 11.3 Å². The molecule has 106 valence electrons. The standard InChI is InChI=1S/C15H24N2O2/c1-2-15(19-9-1)12-17(14-3-4-14)8-7-16-13-5-10-18-11-6-13/h1-2,9,13-14,16H,3-8,10-12H2. The van der Waals surface area contributed by atoms with Crippen LogP contribution in [0.5, 0.6) is 0 Å². The molecule has 3 rings (SSSR count). The largest absolute Gasteiger partial charge is 0.468 e. The van der Waals surface area contributed by atoms with E-state index < -0.39 is 0 Å². The van der Waals surface area contributed by atoms with Crippen molar-refractivity contribution >= 4 is 0 Å². The lowest BCUT2D eigenvalue weighted by Crippen LogP contribution is -2.40. The third-order valence-electron chi connectivity index (χ3n) is 4.06. The average molecular weight is 264 g/mol. The third kappa shape index (κ3) is 4.06. The minimum Gasteiger partial charge on any atom is -0.468 e. The van der Waals surface area contributed by atoms with Crippen molar-refractivity contribution < 1.29 is 9.15 Å². The Balaban J connectivity index is 1.40. The lowest BCUT2D eigenvalue weighted by atomic mass is 10.1. The smallest absolute Gasteiger partial charge is 0.117 e. The van der Waals surface area contributed by atoms with Crippen LogP contribution in [0.15, 0.2) is 22.8 Å². The van der Waals surface area contributed by atoms with E-state index in [4.69, 9.17) is 9.15 Å². The van der Waals surface area contributed by atoms with Gasteiger partial charge in [0, 0.05) is 38.4 Å². The number of rotatable bonds is 7. The quantitative estimate of drug-likeness (QED) is 0.817. The highest BCUT2D eigenvalue weighted by Gasteiger charge is 2.29. The normalized spacial score (nSPS) is 21.1. The molecule has 0 aromatic carbocycles. The van der Waals surface area contributed by atoms with E-state index in [1.165, 1.54) is 12.8 Å². The summed E-state index contributed by atoms with van der Waals surface area (Å²) >= 11 is 0. The van der Waals surface area contributed by atoms with E-state index in [0.717, 1.165) is 57.5 Å². The molecule has 0 unspecified atom stereocenters. The first-order valence-electron chi connectivity index (χ1n) is 7.49. The van der Waals surface area contributed by atoms with Crippen LogP contribution in [0.1, 0.15) is 31.4 Å². The summed E-state index contributed by atoms with van der Waals surface area (Å²) in [6.07, 6.45) is 6.76. The molecule has 1 saturated carbocycles. The second-order valence-corrected chi connectivity index (χ2v) is 5.62. The molecule has 0 spiro atoms. The van der Waals surface area contributed by atoms with E-state index >= 15 is 0 Å². The van der Waals surface area contributed by atoms with Gasteiger partial charge in [0.25, 0.3) is 0 Å². The van der Waals surface area contributed by atoms with Gasteiger partial charge in [-0.25, -0.2) is 0 Å². The summed E-state index contributed by atoms with van der Waals surface area (Å²) in [6.45, 7) is 4.96. The van der Waals surface area contributed by atoms with Gasteiger partial charge in [0.1, 0.15) is 5.76 Å². The maximum absolute atomic E-state index is 5.46. The topological polar surface area (TPSA) is 37.6 Å². The zero-order chi connectivity index (χ0) is 12.9. The lowest BCUT2D eigenvalue weighted by Gasteiger charge is -2.26. The molecule has 2 heterocycles. The number of hydrogen-bond donors (Lipinski definition) is 1. The first-order chi connectivity index (χ1) is 9.42. The van der Waals surface area contributed by atoms with Gasteiger partial charge in [0.15, 0.2) is 0 Å². The Kier molecular flexibility index (Phi) is 4.53. The van der Waals surface area contributed by atoms with Crippen LogP contribution in [0.4, 0.5) is 0 Å². The Labute approximate surface area is 115 Å². The van der Waals surface area contributed by atoms with Crippen molar-refractivity contribution in [2.24, 2.45) is 0 Å². The Morgan fingerprint density at radius 2 is 2.05 bits per heavy atom. The second-order valence-electron chi connectivity index (χ2n) is 5.62. The van der Waals surface area contributed by atoms with Gasteiger partial charge in [-0.05, 0) is 37.8 Å². The molecule has 0 radical (unpaired) electrons. The number of furan rings is 1. The fourth-order valence-electron chi connectivity index (χ4n) is 2.75. The van der Waals surface area contributed by atoms with Gasteiger partial charge in [0.2, 0.25) is 0 Å². The third-order valence-corrected chi connectivity index (χ3v) is 4.06. The number of hydrogen-bond acceptors (Lipinski definition) is 4. The van der Waals surface area contributed by atoms with Crippen LogP contribution in [0.3, 0.4) is 0 Å². The molecule has 0 amide bonds. The van der Waals surface area contributed by atoms with E-state index in [-0.39, 0.29) is 0 Å². The second kappa shape index (κ2) is 6.55. The van der Waals surface area contributed by atoms with Gasteiger partial charge >= 0.3 is 0 Å². The Hall–Kier alpha value is -0.840. The molecular formula is C15H24N2O2. The predicted molar refractivity (Wildman–Crippen MR) is 74.0 cm³/mol. The summed E-state index contributed by atoms with van der Waals surface area (Å²) in [5.74, 6) is 1.08. The van der Waals surface area contributed by atoms with Crippen molar-refractivity contribution in [2.45, 2.75) is 44.3 Å². The van der Waals surface area contributed by atoms with Crippen LogP contribution in [-0.4, -0.2) is 43.3 Å². The molecule has 1 aliphatic carbocycles. The summed E-state index contributed by atoms with van der Waals surface area (Å²) in [4.78, 5) is 2.55. The highest BCUT2D eigenvalue weighted by molar-refractivity contribution is 4.99. The summed E-state index contributed by atoms with van der Waals surface area (Å²) in [6, 6.07) is 5.47. The summed E-state index contributed by atoms with van der Waals surface area (Å²) < 4.78 is 10.8. The van der Waals surface area contributed by atoms with Gasteiger partial charge in [-0.1, -0.05) is 0 Å². The van der Waals surface area contributed by atoms with Crippen molar-refractivity contribution in [1.82, 2.24) is 10.2 Å². The van der Waals surface area contributed by atoms with Crippen LogP contribution >= 0.6 is 0 Å². The van der Waals surface area contributed by atoms with E-state index in [0.29, 0.717) is 6.04 Å². The Bertz CT molecular complexity index is 356. The van der Waals surface area contributed by atoms with E-state index in [2.05, 4.69) is 16.3 Å². The number of ether oxygens (including phenoxy) is 1.